The Bertz CT molecular complexity index is 213. The molecule has 0 heterocycles. The Kier molecular flexibility index (Phi) is 14.5. The molecule has 0 rings (SSSR count). The van der Waals surface area contributed by atoms with Crippen molar-refractivity contribution in [2.45, 2.75) is 104 Å². The molecule has 0 spiro atoms. The summed E-state index contributed by atoms with van der Waals surface area (Å²) in [5.74, 6) is 0.465. The standard InChI is InChI=1S/C18H36NO/c1-17(2)15-13-11-9-7-5-3-4-6-8-10-12-14-16-18(19)20/h17,19H,3-16H2,1-2H3. The van der Waals surface area contributed by atoms with Crippen LogP contribution in [0.1, 0.15) is 104 Å². The maximum atomic E-state index is 10.4. The molecule has 0 fully saturated rings. The van der Waals surface area contributed by atoms with E-state index in [1.54, 1.807) is 0 Å². The highest BCUT2D eigenvalue weighted by Crippen LogP contribution is 2.14. The van der Waals surface area contributed by atoms with Gasteiger partial charge in [-0.05, 0) is 12.3 Å². The number of carbonyl (C=O) groups excluding carboxylic acids is 1. The molecular formula is C18H36NO. The molecule has 119 valence electrons. The molecule has 0 aliphatic carbocycles. The third-order valence-corrected chi connectivity index (χ3v) is 3.94. The summed E-state index contributed by atoms with van der Waals surface area (Å²) in [6, 6.07) is 0. The third kappa shape index (κ3) is 17.5. The minimum Gasteiger partial charge on any atom is -0.273 e. The molecule has 0 bridgehead atoms. The Morgan fingerprint density at radius 1 is 0.700 bits per heavy atom. The van der Waals surface area contributed by atoms with Gasteiger partial charge in [-0.15, -0.1) is 0 Å². The Morgan fingerprint density at radius 2 is 1.05 bits per heavy atom. The summed E-state index contributed by atoms with van der Waals surface area (Å²) in [6.45, 7) is 4.62. The predicted molar refractivity (Wildman–Crippen MR) is 87.6 cm³/mol. The van der Waals surface area contributed by atoms with Gasteiger partial charge in [0.2, 0.25) is 5.91 Å². The van der Waals surface area contributed by atoms with Crippen LogP contribution in [0.15, 0.2) is 0 Å². The van der Waals surface area contributed by atoms with E-state index in [0.29, 0.717) is 6.42 Å². The third-order valence-electron chi connectivity index (χ3n) is 3.94. The van der Waals surface area contributed by atoms with Crippen LogP contribution in [-0.2, 0) is 4.79 Å². The zero-order chi connectivity index (χ0) is 15.1. The summed E-state index contributed by atoms with van der Waals surface area (Å²) in [5, 5.41) is 0. The fourth-order valence-electron chi connectivity index (χ4n) is 2.61. The first-order chi connectivity index (χ1) is 9.63. The molecule has 20 heavy (non-hydrogen) atoms. The van der Waals surface area contributed by atoms with Crippen molar-refractivity contribution in [2.75, 3.05) is 0 Å². The quantitative estimate of drug-likeness (QED) is 0.344. The highest BCUT2D eigenvalue weighted by Gasteiger charge is 1.97. The van der Waals surface area contributed by atoms with Gasteiger partial charge in [0.1, 0.15) is 0 Å². The summed E-state index contributed by atoms with van der Waals surface area (Å²) < 4.78 is 0. The molecule has 1 radical (unpaired) electrons. The number of hydrogen-bond acceptors (Lipinski definition) is 1. The Labute approximate surface area is 126 Å². The van der Waals surface area contributed by atoms with Crippen LogP contribution in [0, 0.1) is 5.92 Å². The lowest BCUT2D eigenvalue weighted by Gasteiger charge is -2.04. The summed E-state index contributed by atoms with van der Waals surface area (Å²) in [5.41, 5.74) is 6.81. The van der Waals surface area contributed by atoms with Crippen LogP contribution in [0.2, 0.25) is 0 Å². The van der Waals surface area contributed by atoms with Gasteiger partial charge < -0.3 is 0 Å². The Balaban J connectivity index is 2.97. The Morgan fingerprint density at radius 3 is 1.40 bits per heavy atom. The molecule has 0 atom stereocenters. The average Bonchev–Trinajstić information content (AvgIpc) is 2.38. The summed E-state index contributed by atoms with van der Waals surface area (Å²) in [7, 11) is 0. The van der Waals surface area contributed by atoms with Crippen LogP contribution < -0.4 is 5.73 Å². The van der Waals surface area contributed by atoms with E-state index >= 15 is 0 Å². The minimum atomic E-state index is -0.404. The normalized spacial score (nSPS) is 11.2. The van der Waals surface area contributed by atoms with E-state index in [4.69, 9.17) is 5.73 Å². The van der Waals surface area contributed by atoms with Gasteiger partial charge in [-0.2, -0.15) is 0 Å². The number of carbonyl (C=O) groups is 1. The van der Waals surface area contributed by atoms with E-state index in [-0.39, 0.29) is 0 Å². The molecule has 0 saturated heterocycles. The van der Waals surface area contributed by atoms with Gasteiger partial charge >= 0.3 is 0 Å². The van der Waals surface area contributed by atoms with Gasteiger partial charge in [-0.3, -0.25) is 10.5 Å². The van der Waals surface area contributed by atoms with E-state index in [2.05, 4.69) is 13.8 Å². The number of unbranched alkanes of at least 4 members (excludes halogenated alkanes) is 11. The lowest BCUT2D eigenvalue weighted by Crippen LogP contribution is -1.96. The Hall–Kier alpha value is -0.530. The molecule has 1 amide bonds. The van der Waals surface area contributed by atoms with Gasteiger partial charge in [0, 0.05) is 6.42 Å². The molecule has 0 unspecified atom stereocenters. The van der Waals surface area contributed by atoms with E-state index < -0.39 is 5.91 Å². The first-order valence-electron chi connectivity index (χ1n) is 8.87. The van der Waals surface area contributed by atoms with Crippen molar-refractivity contribution < 1.29 is 4.79 Å². The molecule has 0 aliphatic rings. The van der Waals surface area contributed by atoms with Crippen molar-refractivity contribution >= 4 is 5.91 Å². The zero-order valence-electron chi connectivity index (χ0n) is 13.9. The highest BCUT2D eigenvalue weighted by molar-refractivity contribution is 5.72. The smallest absolute Gasteiger partial charge is 0.238 e. The second-order valence-electron chi connectivity index (χ2n) is 6.60. The van der Waals surface area contributed by atoms with Gasteiger partial charge in [0.05, 0.1) is 0 Å². The summed E-state index contributed by atoms with van der Waals surface area (Å²) >= 11 is 0. The zero-order valence-corrected chi connectivity index (χ0v) is 13.9. The van der Waals surface area contributed by atoms with E-state index in [1.165, 1.54) is 70.6 Å². The van der Waals surface area contributed by atoms with Crippen LogP contribution in [0.25, 0.3) is 0 Å². The molecular weight excluding hydrogens is 246 g/mol. The SMILES string of the molecule is CC(C)CCCCCCCCCCCCCCC([NH])=O. The van der Waals surface area contributed by atoms with Crippen LogP contribution in [0.4, 0.5) is 0 Å². The molecule has 0 aromatic heterocycles. The molecule has 2 heteroatoms. The van der Waals surface area contributed by atoms with E-state index in [9.17, 15) is 4.79 Å². The van der Waals surface area contributed by atoms with Gasteiger partial charge in [-0.25, -0.2) is 0 Å². The van der Waals surface area contributed by atoms with Crippen molar-refractivity contribution in [3.05, 3.63) is 0 Å². The van der Waals surface area contributed by atoms with Gasteiger partial charge in [0.25, 0.3) is 0 Å². The molecule has 0 aromatic carbocycles. The maximum absolute atomic E-state index is 10.4. The number of hydrogen-bond donors (Lipinski definition) is 0. The molecule has 0 aliphatic heterocycles. The first kappa shape index (κ1) is 19.5. The van der Waals surface area contributed by atoms with E-state index in [0.717, 1.165) is 18.8 Å². The lowest BCUT2D eigenvalue weighted by molar-refractivity contribution is -0.118. The maximum Gasteiger partial charge on any atom is 0.238 e. The predicted octanol–water partition coefficient (Wildman–Crippen LogP) is 5.91. The van der Waals surface area contributed by atoms with Crippen molar-refractivity contribution in [3.8, 4) is 0 Å². The summed E-state index contributed by atoms with van der Waals surface area (Å²) in [6.07, 6.45) is 17.7. The second-order valence-corrected chi connectivity index (χ2v) is 6.60. The van der Waals surface area contributed by atoms with Crippen molar-refractivity contribution in [1.82, 2.24) is 5.73 Å². The first-order valence-corrected chi connectivity index (χ1v) is 8.87. The molecule has 0 aromatic rings. The van der Waals surface area contributed by atoms with Crippen LogP contribution in [-0.4, -0.2) is 5.91 Å². The number of nitrogens with one attached hydrogen (secondary N) is 1. The van der Waals surface area contributed by atoms with Crippen LogP contribution >= 0.6 is 0 Å². The van der Waals surface area contributed by atoms with Crippen molar-refractivity contribution in [2.24, 2.45) is 5.92 Å². The van der Waals surface area contributed by atoms with Crippen LogP contribution in [0.5, 0.6) is 0 Å². The summed E-state index contributed by atoms with van der Waals surface area (Å²) in [4.78, 5) is 10.4. The van der Waals surface area contributed by atoms with Gasteiger partial charge in [0.15, 0.2) is 0 Å². The minimum absolute atomic E-state index is 0.404. The topological polar surface area (TPSA) is 40.9 Å². The number of amides is 1. The highest BCUT2D eigenvalue weighted by atomic mass is 16.1. The fourth-order valence-corrected chi connectivity index (χ4v) is 2.61. The largest absolute Gasteiger partial charge is 0.273 e. The second kappa shape index (κ2) is 14.9. The molecule has 1 N–H and O–H groups in total. The van der Waals surface area contributed by atoms with Crippen molar-refractivity contribution in [3.63, 3.8) is 0 Å². The molecule has 0 saturated carbocycles. The van der Waals surface area contributed by atoms with Crippen molar-refractivity contribution in [1.29, 1.82) is 0 Å². The fraction of sp³-hybridized carbons (Fsp3) is 0.944. The number of rotatable bonds is 15. The van der Waals surface area contributed by atoms with E-state index in [1.807, 2.05) is 0 Å². The molecule has 2 nitrogen and oxygen atoms in total. The van der Waals surface area contributed by atoms with Crippen LogP contribution in [0.3, 0.4) is 0 Å². The van der Waals surface area contributed by atoms with Gasteiger partial charge in [-0.1, -0.05) is 90.9 Å². The lowest BCUT2D eigenvalue weighted by atomic mass is 10.0. The average molecular weight is 282 g/mol. The monoisotopic (exact) mass is 282 g/mol.